The molecule has 0 aliphatic carbocycles. The van der Waals surface area contributed by atoms with E-state index in [9.17, 15) is 4.79 Å². The summed E-state index contributed by atoms with van der Waals surface area (Å²) in [6.07, 6.45) is 0.816. The summed E-state index contributed by atoms with van der Waals surface area (Å²) in [6.45, 7) is 1.11. The molecule has 1 amide bonds. The summed E-state index contributed by atoms with van der Waals surface area (Å²) in [4.78, 5) is 12.6. The minimum atomic E-state index is -0.0747. The van der Waals surface area contributed by atoms with Crippen LogP contribution in [0.4, 0.5) is 0 Å². The third-order valence-corrected chi connectivity index (χ3v) is 6.45. The van der Waals surface area contributed by atoms with E-state index >= 15 is 0 Å². The van der Waals surface area contributed by atoms with Gasteiger partial charge in [0.05, 0.1) is 25.5 Å². The van der Waals surface area contributed by atoms with Crippen LogP contribution < -0.4 is 14.8 Å². The molecule has 4 aromatic rings. The quantitative estimate of drug-likeness (QED) is 0.311. The van der Waals surface area contributed by atoms with Crippen molar-refractivity contribution >= 4 is 17.7 Å². The fourth-order valence-electron chi connectivity index (χ4n) is 3.68. The lowest BCUT2D eigenvalue weighted by atomic mass is 10.1. The molecule has 0 saturated carbocycles. The second kappa shape index (κ2) is 12.1. The molecule has 0 aliphatic rings. The Morgan fingerprint density at radius 2 is 1.69 bits per heavy atom. The van der Waals surface area contributed by atoms with Crippen molar-refractivity contribution in [3.8, 4) is 22.9 Å². The van der Waals surface area contributed by atoms with Crippen LogP contribution in [0.1, 0.15) is 11.1 Å². The predicted octanol–water partition coefficient (Wildman–Crippen LogP) is 4.61. The number of ether oxygens (including phenoxy) is 2. The number of aromatic nitrogens is 3. The van der Waals surface area contributed by atoms with Gasteiger partial charge in [-0.15, -0.1) is 10.2 Å². The number of amides is 1. The van der Waals surface area contributed by atoms with Gasteiger partial charge in [0.1, 0.15) is 11.5 Å². The number of hydrogen-bond donors (Lipinski definition) is 1. The summed E-state index contributed by atoms with van der Waals surface area (Å²) >= 11 is 1.37. The van der Waals surface area contributed by atoms with Gasteiger partial charge in [-0.05, 0) is 41.8 Å². The zero-order valence-electron chi connectivity index (χ0n) is 19.8. The minimum absolute atomic E-state index is 0.0747. The van der Waals surface area contributed by atoms with Crippen LogP contribution >= 0.6 is 11.8 Å². The van der Waals surface area contributed by atoms with Crippen molar-refractivity contribution in [2.45, 2.75) is 24.7 Å². The van der Waals surface area contributed by atoms with Gasteiger partial charge >= 0.3 is 0 Å². The largest absolute Gasteiger partial charge is 0.497 e. The Bertz CT molecular complexity index is 1260. The Labute approximate surface area is 209 Å². The van der Waals surface area contributed by atoms with Gasteiger partial charge in [0.25, 0.3) is 0 Å². The molecule has 35 heavy (non-hydrogen) atoms. The molecule has 7 nitrogen and oxygen atoms in total. The molecule has 4 rings (SSSR count). The van der Waals surface area contributed by atoms with Gasteiger partial charge in [-0.25, -0.2) is 0 Å². The molecule has 180 valence electrons. The van der Waals surface area contributed by atoms with Gasteiger partial charge in [0.15, 0.2) is 11.0 Å². The average molecular weight is 489 g/mol. The van der Waals surface area contributed by atoms with Crippen molar-refractivity contribution in [1.29, 1.82) is 0 Å². The van der Waals surface area contributed by atoms with E-state index in [-0.39, 0.29) is 11.7 Å². The van der Waals surface area contributed by atoms with Crippen LogP contribution in [0, 0.1) is 0 Å². The number of carbonyl (C=O) groups excluding carboxylic acids is 1. The fourth-order valence-corrected chi connectivity index (χ4v) is 4.47. The molecule has 0 spiro atoms. The number of nitrogens with zero attached hydrogens (tertiary/aromatic N) is 3. The summed E-state index contributed by atoms with van der Waals surface area (Å²) in [5.41, 5.74) is 3.07. The van der Waals surface area contributed by atoms with Crippen molar-refractivity contribution in [2.24, 2.45) is 0 Å². The highest BCUT2D eigenvalue weighted by Crippen LogP contribution is 2.31. The second-order valence-electron chi connectivity index (χ2n) is 7.81. The highest BCUT2D eigenvalue weighted by atomic mass is 32.2. The van der Waals surface area contributed by atoms with Gasteiger partial charge in [-0.3, -0.25) is 4.79 Å². The highest BCUT2D eigenvalue weighted by molar-refractivity contribution is 7.99. The minimum Gasteiger partial charge on any atom is -0.497 e. The highest BCUT2D eigenvalue weighted by Gasteiger charge is 2.18. The number of para-hydroxylation sites is 1. The molecular formula is C27H28N4O3S. The van der Waals surface area contributed by atoms with E-state index in [4.69, 9.17) is 9.47 Å². The zero-order chi connectivity index (χ0) is 24.5. The Balaban J connectivity index is 1.48. The fraction of sp³-hybridized carbons (Fsp3) is 0.222. The number of carbonyl (C=O) groups is 1. The normalized spacial score (nSPS) is 10.7. The number of benzene rings is 3. The van der Waals surface area contributed by atoms with Crippen LogP contribution in [0.2, 0.25) is 0 Å². The van der Waals surface area contributed by atoms with E-state index in [2.05, 4.69) is 32.2 Å². The molecule has 0 aliphatic heterocycles. The van der Waals surface area contributed by atoms with Crippen LogP contribution in [0.5, 0.6) is 11.5 Å². The van der Waals surface area contributed by atoms with E-state index < -0.39 is 0 Å². The van der Waals surface area contributed by atoms with E-state index in [1.54, 1.807) is 14.2 Å². The molecule has 0 saturated heterocycles. The third-order valence-electron chi connectivity index (χ3n) is 5.49. The molecule has 1 aromatic heterocycles. The zero-order valence-corrected chi connectivity index (χ0v) is 20.6. The number of aryl methyl sites for hydroxylation is 1. The number of hydrogen-bond acceptors (Lipinski definition) is 6. The first-order chi connectivity index (χ1) is 17.2. The van der Waals surface area contributed by atoms with Crippen molar-refractivity contribution in [3.05, 3.63) is 90.0 Å². The summed E-state index contributed by atoms with van der Waals surface area (Å²) < 4.78 is 12.9. The predicted molar refractivity (Wildman–Crippen MR) is 138 cm³/mol. The van der Waals surface area contributed by atoms with E-state index in [1.165, 1.54) is 17.3 Å². The molecule has 1 heterocycles. The monoisotopic (exact) mass is 488 g/mol. The van der Waals surface area contributed by atoms with E-state index in [0.717, 1.165) is 34.9 Å². The average Bonchev–Trinajstić information content (AvgIpc) is 3.32. The molecule has 1 N–H and O–H groups in total. The maximum absolute atomic E-state index is 12.6. The van der Waals surface area contributed by atoms with Gasteiger partial charge in [0.2, 0.25) is 5.91 Å². The Hall–Kier alpha value is -3.78. The maximum Gasteiger partial charge on any atom is 0.230 e. The van der Waals surface area contributed by atoms with Crippen LogP contribution in [0.3, 0.4) is 0 Å². The maximum atomic E-state index is 12.6. The Morgan fingerprint density at radius 3 is 2.49 bits per heavy atom. The molecule has 3 aromatic carbocycles. The smallest absolute Gasteiger partial charge is 0.230 e. The van der Waals surface area contributed by atoms with Gasteiger partial charge in [-0.1, -0.05) is 66.4 Å². The topological polar surface area (TPSA) is 78.3 Å². The second-order valence-corrected chi connectivity index (χ2v) is 8.75. The van der Waals surface area contributed by atoms with Crippen molar-refractivity contribution in [2.75, 3.05) is 20.0 Å². The number of methoxy groups -OCH3 is 2. The van der Waals surface area contributed by atoms with Crippen molar-refractivity contribution < 1.29 is 14.3 Å². The van der Waals surface area contributed by atoms with E-state index in [1.807, 2.05) is 66.7 Å². The first-order valence-electron chi connectivity index (χ1n) is 11.3. The Morgan fingerprint density at radius 1 is 0.914 bits per heavy atom. The van der Waals surface area contributed by atoms with Gasteiger partial charge in [0, 0.05) is 13.1 Å². The lowest BCUT2D eigenvalue weighted by Crippen LogP contribution is -2.24. The van der Waals surface area contributed by atoms with Gasteiger partial charge < -0.3 is 19.4 Å². The van der Waals surface area contributed by atoms with Gasteiger partial charge in [-0.2, -0.15) is 0 Å². The third kappa shape index (κ3) is 6.42. The van der Waals surface area contributed by atoms with Crippen LogP contribution in [-0.2, 0) is 24.3 Å². The molecule has 0 unspecified atom stereocenters. The molecular weight excluding hydrogens is 460 g/mol. The number of rotatable bonds is 11. The van der Waals surface area contributed by atoms with Crippen LogP contribution in [0.15, 0.2) is 84.0 Å². The standard InChI is InChI=1S/C27H28N4O3S/c1-33-22-12-8-11-21(17-22)18-28-25(32)19-35-27-30-29-26(23-13-6-7-14-24(23)34-2)31(27)16-15-20-9-4-3-5-10-20/h3-14,17H,15-16,18-19H2,1-2H3,(H,28,32). The molecule has 0 radical (unpaired) electrons. The Kier molecular flexibility index (Phi) is 8.40. The summed E-state index contributed by atoms with van der Waals surface area (Å²) in [6, 6.07) is 25.7. The summed E-state index contributed by atoms with van der Waals surface area (Å²) in [5.74, 6) is 2.38. The lowest BCUT2D eigenvalue weighted by Gasteiger charge is -2.12. The summed E-state index contributed by atoms with van der Waals surface area (Å²) in [7, 11) is 3.27. The first-order valence-corrected chi connectivity index (χ1v) is 12.3. The number of nitrogens with one attached hydrogen (secondary N) is 1. The van der Waals surface area contributed by atoms with Crippen molar-refractivity contribution in [3.63, 3.8) is 0 Å². The van der Waals surface area contributed by atoms with Crippen molar-refractivity contribution in [1.82, 2.24) is 20.1 Å². The molecule has 8 heteroatoms. The molecule has 0 bridgehead atoms. The van der Waals surface area contributed by atoms with E-state index in [0.29, 0.717) is 18.2 Å². The first kappa shape index (κ1) is 24.3. The lowest BCUT2D eigenvalue weighted by molar-refractivity contribution is -0.118. The molecule has 0 atom stereocenters. The molecule has 0 fully saturated rings. The summed E-state index contributed by atoms with van der Waals surface area (Å²) in [5, 5.41) is 12.5. The SMILES string of the molecule is COc1cccc(CNC(=O)CSc2nnc(-c3ccccc3OC)n2CCc2ccccc2)c1. The van der Waals surface area contributed by atoms with Crippen LogP contribution in [-0.4, -0.2) is 40.6 Å². The number of thioether (sulfide) groups is 1. The van der Waals surface area contributed by atoms with Crippen LogP contribution in [0.25, 0.3) is 11.4 Å².